The van der Waals surface area contributed by atoms with Gasteiger partial charge in [0.05, 0.1) is 19.0 Å². The quantitative estimate of drug-likeness (QED) is 0.900. The summed E-state index contributed by atoms with van der Waals surface area (Å²) in [6.45, 7) is 5.54. The lowest BCUT2D eigenvalue weighted by molar-refractivity contribution is -0.130. The molecule has 1 saturated heterocycles. The molecular formula is C14H21N3O2. The molecule has 1 fully saturated rings. The summed E-state index contributed by atoms with van der Waals surface area (Å²) < 4.78 is 5.26. The second-order valence-electron chi connectivity index (χ2n) is 4.92. The van der Waals surface area contributed by atoms with Crippen molar-refractivity contribution in [3.8, 4) is 5.75 Å². The SMILES string of the molecule is COc1cnc(C)cc1NC(C)C(=O)N1CCCC1. The van der Waals surface area contributed by atoms with Crippen LogP contribution in [0.15, 0.2) is 12.3 Å². The number of amides is 1. The van der Waals surface area contributed by atoms with Gasteiger partial charge in [-0.3, -0.25) is 9.78 Å². The molecule has 1 unspecified atom stereocenters. The van der Waals surface area contributed by atoms with Crippen molar-refractivity contribution in [3.63, 3.8) is 0 Å². The van der Waals surface area contributed by atoms with Gasteiger partial charge in [-0.1, -0.05) is 0 Å². The zero-order valence-corrected chi connectivity index (χ0v) is 11.8. The van der Waals surface area contributed by atoms with Crippen LogP contribution >= 0.6 is 0 Å². The number of aromatic nitrogens is 1. The molecule has 1 N–H and O–H groups in total. The molecule has 1 aromatic rings. The van der Waals surface area contributed by atoms with Crippen molar-refractivity contribution < 1.29 is 9.53 Å². The van der Waals surface area contributed by atoms with E-state index in [1.165, 1.54) is 0 Å². The lowest BCUT2D eigenvalue weighted by atomic mass is 10.2. The van der Waals surface area contributed by atoms with Crippen LogP contribution in [-0.2, 0) is 4.79 Å². The van der Waals surface area contributed by atoms with Gasteiger partial charge in [-0.15, -0.1) is 0 Å². The first-order valence-corrected chi connectivity index (χ1v) is 6.68. The number of methoxy groups -OCH3 is 1. The van der Waals surface area contributed by atoms with E-state index in [9.17, 15) is 4.79 Å². The van der Waals surface area contributed by atoms with Crippen molar-refractivity contribution in [1.82, 2.24) is 9.88 Å². The number of ether oxygens (including phenoxy) is 1. The maximum absolute atomic E-state index is 12.2. The molecule has 0 radical (unpaired) electrons. The molecule has 1 aliphatic rings. The summed E-state index contributed by atoms with van der Waals surface area (Å²) in [5.41, 5.74) is 1.71. The van der Waals surface area contributed by atoms with Crippen LogP contribution in [0.1, 0.15) is 25.5 Å². The van der Waals surface area contributed by atoms with Crippen LogP contribution in [0.4, 0.5) is 5.69 Å². The topological polar surface area (TPSA) is 54.5 Å². The summed E-state index contributed by atoms with van der Waals surface area (Å²) >= 11 is 0. The number of carbonyl (C=O) groups excluding carboxylic acids is 1. The molecule has 1 amide bonds. The van der Waals surface area contributed by atoms with Gasteiger partial charge in [-0.2, -0.15) is 0 Å². The average molecular weight is 263 g/mol. The monoisotopic (exact) mass is 263 g/mol. The van der Waals surface area contributed by atoms with Gasteiger partial charge < -0.3 is 15.0 Å². The van der Waals surface area contributed by atoms with Crippen molar-refractivity contribution in [2.45, 2.75) is 32.7 Å². The van der Waals surface area contributed by atoms with E-state index in [4.69, 9.17) is 4.74 Å². The molecule has 0 aromatic carbocycles. The van der Waals surface area contributed by atoms with Gasteiger partial charge in [-0.05, 0) is 32.8 Å². The van der Waals surface area contributed by atoms with Crippen LogP contribution in [0.3, 0.4) is 0 Å². The molecular weight excluding hydrogens is 242 g/mol. The summed E-state index contributed by atoms with van der Waals surface area (Å²) in [5.74, 6) is 0.806. The Hall–Kier alpha value is -1.78. The number of pyridine rings is 1. The zero-order valence-electron chi connectivity index (χ0n) is 11.8. The van der Waals surface area contributed by atoms with E-state index >= 15 is 0 Å². The predicted molar refractivity (Wildman–Crippen MR) is 74.4 cm³/mol. The van der Waals surface area contributed by atoms with Crippen LogP contribution in [0.2, 0.25) is 0 Å². The Labute approximate surface area is 114 Å². The highest BCUT2D eigenvalue weighted by molar-refractivity contribution is 5.85. The van der Waals surface area contributed by atoms with Crippen LogP contribution < -0.4 is 10.1 Å². The Morgan fingerprint density at radius 1 is 1.47 bits per heavy atom. The van der Waals surface area contributed by atoms with Gasteiger partial charge >= 0.3 is 0 Å². The smallest absolute Gasteiger partial charge is 0.244 e. The largest absolute Gasteiger partial charge is 0.493 e. The third-order valence-electron chi connectivity index (χ3n) is 3.38. The van der Waals surface area contributed by atoms with E-state index in [0.717, 1.165) is 37.3 Å². The molecule has 1 atom stereocenters. The van der Waals surface area contributed by atoms with Crippen LogP contribution in [0.25, 0.3) is 0 Å². The highest BCUT2D eigenvalue weighted by Gasteiger charge is 2.23. The molecule has 2 heterocycles. The van der Waals surface area contributed by atoms with Crippen molar-refractivity contribution in [1.29, 1.82) is 0 Å². The first kappa shape index (κ1) is 13.6. The zero-order chi connectivity index (χ0) is 13.8. The van der Waals surface area contributed by atoms with E-state index in [0.29, 0.717) is 5.75 Å². The number of carbonyl (C=O) groups is 1. The number of hydrogen-bond donors (Lipinski definition) is 1. The Bertz CT molecular complexity index is 456. The second kappa shape index (κ2) is 5.91. The Morgan fingerprint density at radius 2 is 2.16 bits per heavy atom. The fraction of sp³-hybridized carbons (Fsp3) is 0.571. The summed E-state index contributed by atoms with van der Waals surface area (Å²) in [7, 11) is 1.60. The number of aryl methyl sites for hydroxylation is 1. The van der Waals surface area contributed by atoms with E-state index in [2.05, 4.69) is 10.3 Å². The van der Waals surface area contributed by atoms with E-state index in [1.807, 2.05) is 24.8 Å². The molecule has 19 heavy (non-hydrogen) atoms. The average Bonchev–Trinajstić information content (AvgIpc) is 2.92. The standard InChI is InChI=1S/C14H21N3O2/c1-10-8-12(13(19-3)9-15-10)16-11(2)14(18)17-6-4-5-7-17/h8-9,11H,4-7H2,1-3H3,(H,15,16). The molecule has 5 nitrogen and oxygen atoms in total. The minimum absolute atomic E-state index is 0.147. The number of nitrogens with one attached hydrogen (secondary N) is 1. The molecule has 2 rings (SSSR count). The van der Waals surface area contributed by atoms with E-state index in [1.54, 1.807) is 13.3 Å². The van der Waals surface area contributed by atoms with Crippen molar-refractivity contribution in [2.75, 3.05) is 25.5 Å². The van der Waals surface area contributed by atoms with Crippen molar-refractivity contribution in [3.05, 3.63) is 18.0 Å². The predicted octanol–water partition coefficient (Wildman–Crippen LogP) is 1.82. The van der Waals surface area contributed by atoms with Crippen molar-refractivity contribution >= 4 is 11.6 Å². The van der Waals surface area contributed by atoms with Gasteiger partial charge in [-0.25, -0.2) is 0 Å². The summed E-state index contributed by atoms with van der Waals surface area (Å²) in [6, 6.07) is 1.64. The fourth-order valence-corrected chi connectivity index (χ4v) is 2.33. The maximum Gasteiger partial charge on any atom is 0.244 e. The first-order chi connectivity index (χ1) is 9.11. The van der Waals surface area contributed by atoms with E-state index in [-0.39, 0.29) is 11.9 Å². The Kier molecular flexibility index (Phi) is 4.24. The molecule has 0 aliphatic carbocycles. The highest BCUT2D eigenvalue weighted by Crippen LogP contribution is 2.24. The number of rotatable bonds is 4. The van der Waals surface area contributed by atoms with Crippen molar-refractivity contribution in [2.24, 2.45) is 0 Å². The Balaban J connectivity index is 2.07. The number of likely N-dealkylation sites (tertiary alicyclic amines) is 1. The third-order valence-corrected chi connectivity index (χ3v) is 3.38. The Morgan fingerprint density at radius 3 is 2.79 bits per heavy atom. The third kappa shape index (κ3) is 3.16. The lowest BCUT2D eigenvalue weighted by Crippen LogP contribution is -2.39. The first-order valence-electron chi connectivity index (χ1n) is 6.68. The second-order valence-corrected chi connectivity index (χ2v) is 4.92. The minimum Gasteiger partial charge on any atom is -0.493 e. The molecule has 1 aliphatic heterocycles. The summed E-state index contributed by atoms with van der Waals surface area (Å²) in [4.78, 5) is 18.3. The molecule has 0 bridgehead atoms. The van der Waals surface area contributed by atoms with Gasteiger partial charge in [0.15, 0.2) is 5.75 Å². The van der Waals surface area contributed by atoms with Gasteiger partial charge in [0.25, 0.3) is 0 Å². The van der Waals surface area contributed by atoms with E-state index < -0.39 is 0 Å². The molecule has 1 aromatic heterocycles. The molecule has 0 spiro atoms. The number of nitrogens with zero attached hydrogens (tertiary/aromatic N) is 2. The minimum atomic E-state index is -0.256. The summed E-state index contributed by atoms with van der Waals surface area (Å²) in [6.07, 6.45) is 3.89. The normalized spacial score (nSPS) is 16.3. The van der Waals surface area contributed by atoms with Crippen LogP contribution in [0.5, 0.6) is 5.75 Å². The van der Waals surface area contributed by atoms with Gasteiger partial charge in [0, 0.05) is 18.8 Å². The fourth-order valence-electron chi connectivity index (χ4n) is 2.33. The van der Waals surface area contributed by atoms with Gasteiger partial charge in [0.2, 0.25) is 5.91 Å². The van der Waals surface area contributed by atoms with Crippen LogP contribution in [0, 0.1) is 6.92 Å². The molecule has 5 heteroatoms. The molecule has 104 valence electrons. The number of anilines is 1. The van der Waals surface area contributed by atoms with Gasteiger partial charge in [0.1, 0.15) is 6.04 Å². The number of hydrogen-bond acceptors (Lipinski definition) is 4. The lowest BCUT2D eigenvalue weighted by Gasteiger charge is -2.22. The maximum atomic E-state index is 12.2. The highest BCUT2D eigenvalue weighted by atomic mass is 16.5. The molecule has 0 saturated carbocycles. The van der Waals surface area contributed by atoms with Crippen LogP contribution in [-0.4, -0.2) is 42.0 Å². The summed E-state index contributed by atoms with van der Waals surface area (Å²) in [5, 5.41) is 3.22.